The van der Waals surface area contributed by atoms with Gasteiger partial charge in [-0.3, -0.25) is 9.59 Å². The van der Waals surface area contributed by atoms with Gasteiger partial charge in [0.15, 0.2) is 5.78 Å². The highest BCUT2D eigenvalue weighted by Gasteiger charge is 2.61. The Morgan fingerprint density at radius 3 is 2.41 bits per heavy atom. The van der Waals surface area contributed by atoms with E-state index < -0.39 is 0 Å². The third kappa shape index (κ3) is 3.07. The van der Waals surface area contributed by atoms with Crippen LogP contribution in [0, 0.1) is 40.4 Å². The molecule has 4 fully saturated rings. The highest BCUT2D eigenvalue weighted by atomic mass is 16.5. The Kier molecular flexibility index (Phi) is 4.93. The molecular weight excluding hydrogens is 340 g/mol. The van der Waals surface area contributed by atoms with Crippen molar-refractivity contribution in [3.63, 3.8) is 0 Å². The van der Waals surface area contributed by atoms with Gasteiger partial charge in [-0.05, 0) is 92.3 Å². The maximum Gasteiger partial charge on any atom is 0.303 e. The maximum absolute atomic E-state index is 12.8. The van der Waals surface area contributed by atoms with Gasteiger partial charge in [0, 0.05) is 12.8 Å². The van der Waals surface area contributed by atoms with Gasteiger partial charge in [-0.2, -0.15) is 0 Å². The molecule has 0 radical (unpaired) electrons. The van der Waals surface area contributed by atoms with Gasteiger partial charge in [0.25, 0.3) is 0 Å². The molecule has 0 saturated heterocycles. The fraction of sp³-hybridized carbons (Fsp3) is 0.913. The van der Waals surface area contributed by atoms with E-state index >= 15 is 0 Å². The number of hydrogen-bond acceptors (Lipinski definition) is 4. The molecule has 4 heteroatoms. The van der Waals surface area contributed by atoms with Crippen LogP contribution in [-0.4, -0.2) is 29.6 Å². The molecule has 4 rings (SSSR count). The third-order valence-corrected chi connectivity index (χ3v) is 9.44. The summed E-state index contributed by atoms with van der Waals surface area (Å²) in [7, 11) is 0. The molecule has 0 aromatic carbocycles. The van der Waals surface area contributed by atoms with Crippen LogP contribution < -0.4 is 0 Å². The average molecular weight is 377 g/mol. The first-order valence-electron chi connectivity index (χ1n) is 11.1. The predicted octanol–water partition coefficient (Wildman–Crippen LogP) is 4.14. The number of fused-ring (bicyclic) bond motifs is 5. The summed E-state index contributed by atoms with van der Waals surface area (Å²) in [6.45, 7) is 6.17. The van der Waals surface area contributed by atoms with E-state index in [9.17, 15) is 14.7 Å². The second kappa shape index (κ2) is 6.86. The van der Waals surface area contributed by atoms with Crippen molar-refractivity contribution in [1.82, 2.24) is 0 Å². The van der Waals surface area contributed by atoms with Crippen molar-refractivity contribution >= 4 is 11.8 Å². The molecule has 0 aromatic heterocycles. The number of ether oxygens (including phenoxy) is 1. The second-order valence-corrected chi connectivity index (χ2v) is 10.5. The molecule has 1 N–H and O–H groups in total. The zero-order valence-corrected chi connectivity index (χ0v) is 17.2. The van der Waals surface area contributed by atoms with Gasteiger partial charge in [0.1, 0.15) is 6.61 Å². The van der Waals surface area contributed by atoms with Crippen molar-refractivity contribution in [1.29, 1.82) is 0 Å². The van der Waals surface area contributed by atoms with Crippen LogP contribution in [0.2, 0.25) is 0 Å². The van der Waals surface area contributed by atoms with E-state index in [1.807, 2.05) is 0 Å². The van der Waals surface area contributed by atoms with Crippen molar-refractivity contribution in [2.24, 2.45) is 40.4 Å². The van der Waals surface area contributed by atoms with Crippen LogP contribution in [-0.2, 0) is 14.3 Å². The molecule has 0 amide bonds. The van der Waals surface area contributed by atoms with E-state index in [1.165, 1.54) is 26.2 Å². The van der Waals surface area contributed by atoms with E-state index in [0.29, 0.717) is 17.3 Å². The fourth-order valence-corrected chi connectivity index (χ4v) is 8.04. The normalized spacial score (nSPS) is 48.9. The van der Waals surface area contributed by atoms with Gasteiger partial charge in [0.2, 0.25) is 0 Å². The second-order valence-electron chi connectivity index (χ2n) is 10.5. The quantitative estimate of drug-likeness (QED) is 0.752. The Hall–Kier alpha value is -0.900. The molecule has 0 bridgehead atoms. The summed E-state index contributed by atoms with van der Waals surface area (Å²) in [6.07, 6.45) is 9.99. The van der Waals surface area contributed by atoms with Crippen LogP contribution in [0.1, 0.15) is 78.6 Å². The number of aliphatic hydroxyl groups excluding tert-OH is 1. The van der Waals surface area contributed by atoms with Gasteiger partial charge < -0.3 is 9.84 Å². The smallest absolute Gasteiger partial charge is 0.303 e. The highest BCUT2D eigenvalue weighted by molar-refractivity contribution is 5.85. The third-order valence-electron chi connectivity index (χ3n) is 9.44. The van der Waals surface area contributed by atoms with E-state index in [2.05, 4.69) is 13.8 Å². The zero-order chi connectivity index (χ0) is 19.4. The number of ketones is 1. The molecule has 152 valence electrons. The fourth-order valence-electron chi connectivity index (χ4n) is 8.04. The Labute approximate surface area is 163 Å². The lowest BCUT2D eigenvalue weighted by molar-refractivity contribution is -0.151. The molecule has 4 aliphatic rings. The molecule has 0 aliphatic heterocycles. The molecule has 0 heterocycles. The molecule has 4 saturated carbocycles. The number of hydrogen-bond donors (Lipinski definition) is 1. The summed E-state index contributed by atoms with van der Waals surface area (Å²) in [5.41, 5.74) is 0.457. The summed E-state index contributed by atoms with van der Waals surface area (Å²) >= 11 is 0. The summed E-state index contributed by atoms with van der Waals surface area (Å²) in [5, 5.41) is 10.2. The van der Waals surface area contributed by atoms with Crippen LogP contribution in [0.25, 0.3) is 0 Å². The molecule has 8 atom stereocenters. The lowest BCUT2D eigenvalue weighted by Gasteiger charge is -2.60. The number of rotatable bonds is 3. The van der Waals surface area contributed by atoms with Gasteiger partial charge in [-0.15, -0.1) is 0 Å². The van der Waals surface area contributed by atoms with Crippen LogP contribution in [0.4, 0.5) is 0 Å². The number of carbonyl (C=O) groups excluding carboxylic acids is 2. The monoisotopic (exact) mass is 376 g/mol. The topological polar surface area (TPSA) is 63.6 Å². The molecular formula is C23H36O4. The van der Waals surface area contributed by atoms with Gasteiger partial charge in [0.05, 0.1) is 6.10 Å². The van der Waals surface area contributed by atoms with Crippen molar-refractivity contribution in [3.05, 3.63) is 0 Å². The average Bonchev–Trinajstić information content (AvgIpc) is 2.97. The van der Waals surface area contributed by atoms with E-state index in [-0.39, 0.29) is 35.8 Å². The Balaban J connectivity index is 1.52. The van der Waals surface area contributed by atoms with E-state index in [1.54, 1.807) is 0 Å². The van der Waals surface area contributed by atoms with Gasteiger partial charge >= 0.3 is 5.97 Å². The van der Waals surface area contributed by atoms with Crippen LogP contribution >= 0.6 is 0 Å². The summed E-state index contributed by atoms with van der Waals surface area (Å²) in [4.78, 5) is 23.9. The van der Waals surface area contributed by atoms with E-state index in [4.69, 9.17) is 4.74 Å². The minimum absolute atomic E-state index is 0.0475. The Bertz CT molecular complexity index is 615. The summed E-state index contributed by atoms with van der Waals surface area (Å²) in [6, 6.07) is 0. The molecule has 4 nitrogen and oxygen atoms in total. The Morgan fingerprint density at radius 2 is 1.67 bits per heavy atom. The van der Waals surface area contributed by atoms with Crippen LogP contribution in [0.3, 0.4) is 0 Å². The summed E-state index contributed by atoms with van der Waals surface area (Å²) < 4.78 is 5.03. The largest absolute Gasteiger partial charge is 0.458 e. The highest BCUT2D eigenvalue weighted by Crippen LogP contribution is 2.67. The van der Waals surface area contributed by atoms with Gasteiger partial charge in [-0.25, -0.2) is 0 Å². The first kappa shape index (κ1) is 19.4. The minimum atomic E-state index is -0.363. The first-order chi connectivity index (χ1) is 12.8. The summed E-state index contributed by atoms with van der Waals surface area (Å²) in [5.74, 6) is 2.62. The Morgan fingerprint density at radius 1 is 0.963 bits per heavy atom. The van der Waals surface area contributed by atoms with Gasteiger partial charge in [-0.1, -0.05) is 13.8 Å². The van der Waals surface area contributed by atoms with Crippen molar-refractivity contribution in [2.75, 3.05) is 6.61 Å². The zero-order valence-electron chi connectivity index (χ0n) is 17.2. The molecule has 4 aliphatic carbocycles. The lowest BCUT2D eigenvalue weighted by atomic mass is 9.44. The number of carbonyl (C=O) groups is 2. The van der Waals surface area contributed by atoms with Crippen LogP contribution in [0.15, 0.2) is 0 Å². The number of Topliss-reactive ketones (excluding diaryl/α,β-unsaturated/α-hetero) is 1. The first-order valence-corrected chi connectivity index (χ1v) is 11.1. The molecule has 0 spiro atoms. The van der Waals surface area contributed by atoms with E-state index in [0.717, 1.165) is 50.4 Å². The maximum atomic E-state index is 12.8. The number of esters is 1. The van der Waals surface area contributed by atoms with Crippen molar-refractivity contribution in [3.8, 4) is 0 Å². The molecule has 27 heavy (non-hydrogen) atoms. The van der Waals surface area contributed by atoms with Crippen molar-refractivity contribution in [2.45, 2.75) is 84.7 Å². The molecule has 0 aromatic rings. The number of aliphatic hydroxyl groups is 1. The SMILES string of the molecule is CC(=O)OCC(=O)[C@H]1CC[C@H]2[C@@H]3CC[C@@H]4C[C@@H](O)CC[C@]4(C)[C@H]3CC[C@]12C. The van der Waals surface area contributed by atoms with Crippen molar-refractivity contribution < 1.29 is 19.4 Å². The standard InChI is InChI=1S/C23H36O4/c1-14(24)27-13-21(26)20-7-6-18-17-5-4-15-12-16(25)8-10-22(15,2)19(17)9-11-23(18,20)3/h15-20,25H,4-13H2,1-3H3/t15-,16+,17+,18+,19+,20-,22+,23+/m1/s1. The lowest BCUT2D eigenvalue weighted by Crippen LogP contribution is -2.54. The minimum Gasteiger partial charge on any atom is -0.458 e. The van der Waals surface area contributed by atoms with Crippen LogP contribution in [0.5, 0.6) is 0 Å². The predicted molar refractivity (Wildman–Crippen MR) is 103 cm³/mol. The molecule has 0 unspecified atom stereocenters.